The van der Waals surface area contributed by atoms with Crippen molar-refractivity contribution in [1.82, 2.24) is 28.7 Å². The van der Waals surface area contributed by atoms with Crippen LogP contribution in [0.4, 0.5) is 4.39 Å². The molecule has 0 saturated heterocycles. The highest BCUT2D eigenvalue weighted by atomic mass is 19.1. The Balaban J connectivity index is 1.83. The van der Waals surface area contributed by atoms with Gasteiger partial charge in [-0.1, -0.05) is 12.1 Å². The number of aryl methyl sites for hydroxylation is 1. The molecule has 0 aliphatic rings. The van der Waals surface area contributed by atoms with Crippen LogP contribution in [0, 0.1) is 5.82 Å². The first-order chi connectivity index (χ1) is 15.0. The summed E-state index contributed by atoms with van der Waals surface area (Å²) >= 11 is 0. The average Bonchev–Trinajstić information content (AvgIpc) is 3.33. The van der Waals surface area contributed by atoms with Crippen molar-refractivity contribution in [2.24, 2.45) is 7.05 Å². The summed E-state index contributed by atoms with van der Waals surface area (Å²) in [5.41, 5.74) is 1.05. The maximum absolute atomic E-state index is 13.3. The van der Waals surface area contributed by atoms with Crippen LogP contribution in [0.3, 0.4) is 0 Å². The van der Waals surface area contributed by atoms with E-state index in [2.05, 4.69) is 15.2 Å². The van der Waals surface area contributed by atoms with Crippen LogP contribution < -0.4 is 16.0 Å². The van der Waals surface area contributed by atoms with Crippen molar-refractivity contribution >= 4 is 16.9 Å². The molecule has 9 nitrogen and oxygen atoms in total. The Hall–Kier alpha value is -4.21. The molecule has 0 saturated carbocycles. The van der Waals surface area contributed by atoms with Crippen LogP contribution in [0.2, 0.25) is 0 Å². The molecule has 0 spiro atoms. The van der Waals surface area contributed by atoms with E-state index in [1.54, 1.807) is 47.4 Å². The van der Waals surface area contributed by atoms with Crippen molar-refractivity contribution in [3.8, 4) is 17.1 Å². The molecular weight excluding hydrogens is 403 g/mol. The summed E-state index contributed by atoms with van der Waals surface area (Å²) in [7, 11) is 3.15. The molecule has 0 radical (unpaired) electrons. The predicted molar refractivity (Wildman–Crippen MR) is 112 cm³/mol. The van der Waals surface area contributed by atoms with Crippen LogP contribution in [0.25, 0.3) is 28.3 Å². The number of rotatable bonds is 4. The van der Waals surface area contributed by atoms with E-state index < -0.39 is 11.2 Å². The number of hydrogen-bond acceptors (Lipinski definition) is 5. The first-order valence-corrected chi connectivity index (χ1v) is 9.43. The fourth-order valence-corrected chi connectivity index (χ4v) is 3.69. The Bertz CT molecular complexity index is 1540. The normalized spacial score (nSPS) is 11.5. The Morgan fingerprint density at radius 3 is 2.42 bits per heavy atom. The molecule has 0 atom stereocenters. The van der Waals surface area contributed by atoms with E-state index in [9.17, 15) is 14.0 Å². The van der Waals surface area contributed by atoms with Crippen molar-refractivity contribution in [2.75, 3.05) is 7.11 Å². The highest BCUT2D eigenvalue weighted by molar-refractivity contribution is 5.80. The van der Waals surface area contributed by atoms with Crippen LogP contribution in [-0.2, 0) is 13.6 Å². The number of aromatic nitrogens is 6. The zero-order valence-corrected chi connectivity index (χ0v) is 16.7. The van der Waals surface area contributed by atoms with E-state index >= 15 is 0 Å². The van der Waals surface area contributed by atoms with Gasteiger partial charge in [-0.2, -0.15) is 0 Å². The molecule has 0 aliphatic carbocycles. The third kappa shape index (κ3) is 2.91. The van der Waals surface area contributed by atoms with Crippen molar-refractivity contribution in [3.05, 3.63) is 80.7 Å². The number of benzene rings is 2. The summed E-state index contributed by atoms with van der Waals surface area (Å²) in [6.45, 7) is 0.245. The molecule has 10 heteroatoms. The molecule has 3 heterocycles. The lowest BCUT2D eigenvalue weighted by Crippen LogP contribution is -2.29. The second kappa shape index (κ2) is 6.94. The standard InChI is InChI=1S/C21H17FN6O3/c1-26-19-16(18(29)23-21(26)30)27(11-12-3-7-14(22)8-4-12)20-25-24-17(28(19)20)13-5-9-15(31-2)10-6-13/h3-10H,11H2,1-2H3,(H,23,29,30). The fraction of sp³-hybridized carbons (Fsp3) is 0.143. The highest BCUT2D eigenvalue weighted by Gasteiger charge is 2.23. The number of methoxy groups -OCH3 is 1. The molecule has 0 amide bonds. The van der Waals surface area contributed by atoms with Gasteiger partial charge in [-0.05, 0) is 42.0 Å². The lowest BCUT2D eigenvalue weighted by atomic mass is 10.2. The number of hydrogen-bond donors (Lipinski definition) is 1. The van der Waals surface area contributed by atoms with Gasteiger partial charge >= 0.3 is 5.69 Å². The minimum Gasteiger partial charge on any atom is -0.497 e. The van der Waals surface area contributed by atoms with E-state index in [1.165, 1.54) is 16.7 Å². The van der Waals surface area contributed by atoms with E-state index in [-0.39, 0.29) is 17.9 Å². The Kier molecular flexibility index (Phi) is 4.21. The van der Waals surface area contributed by atoms with Gasteiger partial charge in [0.25, 0.3) is 5.56 Å². The first-order valence-electron chi connectivity index (χ1n) is 9.43. The highest BCUT2D eigenvalue weighted by Crippen LogP contribution is 2.26. The molecule has 5 rings (SSSR count). The van der Waals surface area contributed by atoms with Crippen molar-refractivity contribution in [2.45, 2.75) is 6.54 Å². The van der Waals surface area contributed by atoms with Gasteiger partial charge in [0, 0.05) is 12.6 Å². The van der Waals surface area contributed by atoms with Crippen molar-refractivity contribution in [3.63, 3.8) is 0 Å². The number of fused-ring (bicyclic) bond motifs is 3. The Morgan fingerprint density at radius 1 is 1.03 bits per heavy atom. The summed E-state index contributed by atoms with van der Waals surface area (Å²) in [5.74, 6) is 1.20. The molecule has 0 unspecified atom stereocenters. The van der Waals surface area contributed by atoms with Gasteiger partial charge in [-0.25, -0.2) is 13.6 Å². The second-order valence-electron chi connectivity index (χ2n) is 7.09. The Labute approximate surface area is 174 Å². The van der Waals surface area contributed by atoms with Gasteiger partial charge in [0.1, 0.15) is 11.6 Å². The van der Waals surface area contributed by atoms with Gasteiger partial charge in [0.15, 0.2) is 17.0 Å². The largest absolute Gasteiger partial charge is 0.497 e. The summed E-state index contributed by atoms with van der Waals surface area (Å²) in [5, 5.41) is 8.61. The van der Waals surface area contributed by atoms with E-state index in [1.807, 2.05) is 12.1 Å². The summed E-state index contributed by atoms with van der Waals surface area (Å²) < 4.78 is 23.2. The monoisotopic (exact) mass is 420 g/mol. The quantitative estimate of drug-likeness (QED) is 0.479. The minimum atomic E-state index is -0.548. The van der Waals surface area contributed by atoms with Gasteiger partial charge < -0.3 is 4.74 Å². The van der Waals surface area contributed by atoms with Crippen molar-refractivity contribution < 1.29 is 9.13 Å². The van der Waals surface area contributed by atoms with E-state index in [4.69, 9.17) is 4.74 Å². The topological polar surface area (TPSA) is 99.2 Å². The third-order valence-corrected chi connectivity index (χ3v) is 5.24. The van der Waals surface area contributed by atoms with E-state index in [0.29, 0.717) is 23.0 Å². The number of imidazole rings is 1. The van der Waals surface area contributed by atoms with Crippen LogP contribution in [0.1, 0.15) is 5.56 Å². The summed E-state index contributed by atoms with van der Waals surface area (Å²) in [4.78, 5) is 27.5. The molecule has 0 fully saturated rings. The summed E-state index contributed by atoms with van der Waals surface area (Å²) in [6.07, 6.45) is 0. The number of nitrogens with zero attached hydrogens (tertiary/aromatic N) is 5. The predicted octanol–water partition coefficient (Wildman–Crippen LogP) is 1.93. The maximum Gasteiger partial charge on any atom is 0.329 e. The molecule has 0 aliphatic heterocycles. The van der Waals surface area contributed by atoms with Crippen LogP contribution in [-0.4, -0.2) is 35.8 Å². The van der Waals surface area contributed by atoms with Crippen molar-refractivity contribution in [1.29, 1.82) is 0 Å². The molecule has 0 bridgehead atoms. The second-order valence-corrected chi connectivity index (χ2v) is 7.09. The first kappa shape index (κ1) is 18.8. The zero-order valence-electron chi connectivity index (χ0n) is 16.7. The SMILES string of the molecule is COc1ccc(-c2nnc3n(Cc4ccc(F)cc4)c4c(=O)[nH]c(=O)n(C)c4n23)cc1. The molecule has 5 aromatic rings. The molecule has 2 aromatic carbocycles. The lowest BCUT2D eigenvalue weighted by molar-refractivity contribution is 0.415. The van der Waals surface area contributed by atoms with Gasteiger partial charge in [-0.15, -0.1) is 10.2 Å². The van der Waals surface area contributed by atoms with Crippen LogP contribution in [0.15, 0.2) is 58.1 Å². The molecule has 156 valence electrons. The summed E-state index contributed by atoms with van der Waals surface area (Å²) in [6, 6.07) is 13.2. The Morgan fingerprint density at radius 2 is 1.74 bits per heavy atom. The zero-order chi connectivity index (χ0) is 21.7. The van der Waals surface area contributed by atoms with Gasteiger partial charge in [0.2, 0.25) is 5.78 Å². The van der Waals surface area contributed by atoms with Gasteiger partial charge in [-0.3, -0.25) is 18.9 Å². The average molecular weight is 420 g/mol. The van der Waals surface area contributed by atoms with Gasteiger partial charge in [0.05, 0.1) is 13.7 Å². The number of aromatic amines is 1. The lowest BCUT2D eigenvalue weighted by Gasteiger charge is -2.05. The molecule has 31 heavy (non-hydrogen) atoms. The molecule has 1 N–H and O–H groups in total. The number of halogens is 1. The maximum atomic E-state index is 13.3. The van der Waals surface area contributed by atoms with Crippen LogP contribution >= 0.6 is 0 Å². The molecular formula is C21H17FN6O3. The number of ether oxygens (including phenoxy) is 1. The minimum absolute atomic E-state index is 0.245. The smallest absolute Gasteiger partial charge is 0.329 e. The molecule has 3 aromatic heterocycles. The van der Waals surface area contributed by atoms with Crippen LogP contribution in [0.5, 0.6) is 5.75 Å². The van der Waals surface area contributed by atoms with E-state index in [0.717, 1.165) is 11.1 Å². The number of nitrogens with one attached hydrogen (secondary N) is 1. The fourth-order valence-electron chi connectivity index (χ4n) is 3.69. The number of H-pyrrole nitrogens is 1. The third-order valence-electron chi connectivity index (χ3n) is 5.24.